The van der Waals surface area contributed by atoms with E-state index in [1.54, 1.807) is 5.98 Å². The van der Waals surface area contributed by atoms with Crippen LogP contribution in [0.15, 0.2) is 12.6 Å². The summed E-state index contributed by atoms with van der Waals surface area (Å²) in [5, 5.41) is 0. The number of hydrogen-bond donors (Lipinski definition) is 0. The van der Waals surface area contributed by atoms with Crippen LogP contribution < -0.4 is 0 Å². The molecular formula is C12H19BO2. The highest BCUT2D eigenvalue weighted by molar-refractivity contribution is 6.51. The second-order valence-corrected chi connectivity index (χ2v) is 6.07. The van der Waals surface area contributed by atoms with Gasteiger partial charge in [-0.15, -0.1) is 6.58 Å². The first kappa shape index (κ1) is 9.92. The Bertz CT molecular complexity index is 315. The van der Waals surface area contributed by atoms with Gasteiger partial charge in [-0.05, 0) is 37.0 Å². The van der Waals surface area contributed by atoms with Crippen LogP contribution in [0.5, 0.6) is 0 Å². The van der Waals surface area contributed by atoms with Crippen molar-refractivity contribution in [2.45, 2.75) is 45.3 Å². The molecule has 82 valence electrons. The van der Waals surface area contributed by atoms with Gasteiger partial charge in [-0.2, -0.15) is 0 Å². The minimum Gasteiger partial charge on any atom is -0.402 e. The van der Waals surface area contributed by atoms with Gasteiger partial charge in [0.2, 0.25) is 0 Å². The highest BCUT2D eigenvalue weighted by atomic mass is 16.7. The molecule has 3 aliphatic carbocycles. The van der Waals surface area contributed by atoms with Gasteiger partial charge in [0, 0.05) is 0 Å². The predicted molar refractivity (Wildman–Crippen MR) is 60.3 cm³/mol. The third-order valence-corrected chi connectivity index (χ3v) is 5.16. The van der Waals surface area contributed by atoms with E-state index in [0.717, 1.165) is 12.3 Å². The molecule has 4 atom stereocenters. The molecule has 0 amide bonds. The summed E-state index contributed by atoms with van der Waals surface area (Å²) in [5.41, 5.74) is 0.363. The monoisotopic (exact) mass is 206 g/mol. The Morgan fingerprint density at radius 3 is 2.67 bits per heavy atom. The van der Waals surface area contributed by atoms with E-state index in [-0.39, 0.29) is 18.8 Å². The topological polar surface area (TPSA) is 18.5 Å². The molecule has 0 aromatic carbocycles. The highest BCUT2D eigenvalue weighted by Crippen LogP contribution is 2.65. The van der Waals surface area contributed by atoms with Gasteiger partial charge < -0.3 is 9.31 Å². The van der Waals surface area contributed by atoms with Gasteiger partial charge in [-0.25, -0.2) is 0 Å². The fourth-order valence-corrected chi connectivity index (χ4v) is 4.00. The van der Waals surface area contributed by atoms with Crippen molar-refractivity contribution >= 4 is 7.12 Å². The fraction of sp³-hybridized carbons (Fsp3) is 0.833. The summed E-state index contributed by atoms with van der Waals surface area (Å²) in [4.78, 5) is 0. The van der Waals surface area contributed by atoms with Crippen LogP contribution in [0, 0.1) is 17.3 Å². The van der Waals surface area contributed by atoms with Gasteiger partial charge in [-0.3, -0.25) is 0 Å². The maximum absolute atomic E-state index is 6.05. The van der Waals surface area contributed by atoms with E-state index in [9.17, 15) is 0 Å². The highest BCUT2D eigenvalue weighted by Gasteiger charge is 2.67. The van der Waals surface area contributed by atoms with Crippen molar-refractivity contribution in [2.24, 2.45) is 17.3 Å². The van der Waals surface area contributed by atoms with Crippen LogP contribution in [-0.4, -0.2) is 18.8 Å². The molecule has 0 aromatic rings. The van der Waals surface area contributed by atoms with Gasteiger partial charge in [0.25, 0.3) is 0 Å². The van der Waals surface area contributed by atoms with Crippen LogP contribution in [0.3, 0.4) is 0 Å². The molecule has 15 heavy (non-hydrogen) atoms. The van der Waals surface area contributed by atoms with E-state index < -0.39 is 0 Å². The summed E-state index contributed by atoms with van der Waals surface area (Å²) in [7, 11) is -0.185. The maximum atomic E-state index is 6.05. The van der Waals surface area contributed by atoms with E-state index in [1.807, 2.05) is 0 Å². The normalized spacial score (nSPS) is 50.9. The van der Waals surface area contributed by atoms with Crippen LogP contribution >= 0.6 is 0 Å². The minimum atomic E-state index is -0.185. The molecule has 1 aliphatic heterocycles. The molecule has 0 N–H and O–H groups in total. The van der Waals surface area contributed by atoms with Crippen molar-refractivity contribution in [1.82, 2.24) is 0 Å². The summed E-state index contributed by atoms with van der Waals surface area (Å²) < 4.78 is 11.9. The Kier molecular flexibility index (Phi) is 1.78. The van der Waals surface area contributed by atoms with Crippen LogP contribution in [-0.2, 0) is 9.31 Å². The van der Waals surface area contributed by atoms with E-state index in [2.05, 4.69) is 27.4 Å². The second kappa shape index (κ2) is 2.69. The molecule has 0 unspecified atom stereocenters. The Labute approximate surface area is 92.2 Å². The molecule has 0 aromatic heterocycles. The van der Waals surface area contributed by atoms with Crippen molar-refractivity contribution in [1.29, 1.82) is 0 Å². The first-order valence-electron chi connectivity index (χ1n) is 5.94. The quantitative estimate of drug-likeness (QED) is 0.613. The molecule has 0 radical (unpaired) electrons. The molecule has 3 heteroatoms. The Morgan fingerprint density at radius 1 is 1.33 bits per heavy atom. The predicted octanol–water partition coefficient (Wildman–Crippen LogP) is 2.44. The van der Waals surface area contributed by atoms with E-state index >= 15 is 0 Å². The van der Waals surface area contributed by atoms with Crippen molar-refractivity contribution in [3.63, 3.8) is 0 Å². The smallest absolute Gasteiger partial charge is 0.402 e. The van der Waals surface area contributed by atoms with E-state index in [1.165, 1.54) is 6.42 Å². The molecule has 4 rings (SSSR count). The summed E-state index contributed by atoms with van der Waals surface area (Å²) in [6.07, 6.45) is 2.76. The molecule has 2 nitrogen and oxygen atoms in total. The first-order valence-corrected chi connectivity index (χ1v) is 5.94. The number of hydrogen-bond acceptors (Lipinski definition) is 2. The molecule has 4 aliphatic rings. The van der Waals surface area contributed by atoms with Gasteiger partial charge in [0.1, 0.15) is 0 Å². The first-order chi connectivity index (χ1) is 6.98. The Morgan fingerprint density at radius 2 is 2.07 bits per heavy atom. The molecule has 3 saturated carbocycles. The lowest BCUT2D eigenvalue weighted by Crippen LogP contribution is -2.65. The van der Waals surface area contributed by atoms with Crippen molar-refractivity contribution in [2.75, 3.05) is 0 Å². The molecule has 1 heterocycles. The summed E-state index contributed by atoms with van der Waals surface area (Å²) >= 11 is 0. The summed E-state index contributed by atoms with van der Waals surface area (Å²) in [6, 6.07) is 0. The van der Waals surface area contributed by atoms with Crippen LogP contribution in [0.4, 0.5) is 0 Å². The van der Waals surface area contributed by atoms with Gasteiger partial charge in [-0.1, -0.05) is 19.8 Å². The average molecular weight is 206 g/mol. The lowest BCUT2D eigenvalue weighted by Gasteiger charge is -2.64. The molecule has 1 saturated heterocycles. The Balaban J connectivity index is 1.92. The maximum Gasteiger partial charge on any atom is 0.486 e. The standard InChI is InChI=1S/C12H19BO2/c1-5-13-14-10-7-8-6-9(11(8,2)3)12(10,4)15-13/h5,8-10H,1,6-7H2,2-4H3/t8-,9-,10+,12-/m0/s1. The summed E-state index contributed by atoms with van der Waals surface area (Å²) in [6.45, 7) is 10.7. The lowest BCUT2D eigenvalue weighted by molar-refractivity contribution is -0.199. The van der Waals surface area contributed by atoms with E-state index in [0.29, 0.717) is 11.3 Å². The zero-order chi connectivity index (χ0) is 10.8. The zero-order valence-corrected chi connectivity index (χ0v) is 9.82. The van der Waals surface area contributed by atoms with Crippen molar-refractivity contribution in [3.8, 4) is 0 Å². The SMILES string of the molecule is C=CB1O[C@@H]2C[C@@H]3C[C@@H](C3(C)C)[C@]2(C)O1. The molecule has 0 spiro atoms. The fourth-order valence-electron chi connectivity index (χ4n) is 4.00. The van der Waals surface area contributed by atoms with Gasteiger partial charge >= 0.3 is 7.12 Å². The summed E-state index contributed by atoms with van der Waals surface area (Å²) in [5.74, 6) is 3.25. The van der Waals surface area contributed by atoms with Crippen molar-refractivity contribution in [3.05, 3.63) is 12.6 Å². The molecule has 4 fully saturated rings. The third-order valence-electron chi connectivity index (χ3n) is 5.16. The van der Waals surface area contributed by atoms with Gasteiger partial charge in [0.15, 0.2) is 0 Å². The van der Waals surface area contributed by atoms with Crippen LogP contribution in [0.25, 0.3) is 0 Å². The number of rotatable bonds is 1. The zero-order valence-electron chi connectivity index (χ0n) is 9.82. The third kappa shape index (κ3) is 1.03. The molecule has 2 bridgehead atoms. The lowest BCUT2D eigenvalue weighted by atomic mass is 9.43. The largest absolute Gasteiger partial charge is 0.486 e. The average Bonchev–Trinajstić information content (AvgIpc) is 2.53. The van der Waals surface area contributed by atoms with Crippen LogP contribution in [0.1, 0.15) is 33.6 Å². The van der Waals surface area contributed by atoms with Gasteiger partial charge in [0.05, 0.1) is 11.7 Å². The van der Waals surface area contributed by atoms with E-state index in [4.69, 9.17) is 9.31 Å². The Hall–Kier alpha value is -0.275. The molecular weight excluding hydrogens is 187 g/mol. The minimum absolute atomic E-state index is 0.0723. The van der Waals surface area contributed by atoms with Crippen LogP contribution in [0.2, 0.25) is 0 Å². The van der Waals surface area contributed by atoms with Crippen molar-refractivity contribution < 1.29 is 9.31 Å². The second-order valence-electron chi connectivity index (χ2n) is 6.07.